The zero-order valence-electron chi connectivity index (χ0n) is 15.8. The van der Waals surface area contributed by atoms with Gasteiger partial charge < -0.3 is 4.74 Å². The number of aromatic nitrogens is 3. The Morgan fingerprint density at radius 2 is 1.69 bits per heavy atom. The zero-order valence-corrected chi connectivity index (χ0v) is 15.8. The first kappa shape index (κ1) is 17.1. The molecule has 7 heteroatoms. The molecule has 1 aliphatic heterocycles. The molecule has 2 amide bonds. The van der Waals surface area contributed by atoms with E-state index in [2.05, 4.69) is 15.2 Å². The molecule has 0 radical (unpaired) electrons. The molecule has 4 aromatic rings. The van der Waals surface area contributed by atoms with Crippen LogP contribution in [0.2, 0.25) is 0 Å². The van der Waals surface area contributed by atoms with Crippen LogP contribution in [0.4, 0.5) is 5.69 Å². The first-order chi connectivity index (χ1) is 14.1. The van der Waals surface area contributed by atoms with Crippen LogP contribution in [0.15, 0.2) is 54.7 Å². The van der Waals surface area contributed by atoms with Crippen LogP contribution < -0.4 is 9.64 Å². The van der Waals surface area contributed by atoms with Crippen LogP contribution in [0, 0.1) is 6.92 Å². The normalized spacial score (nSPS) is 13.2. The minimum Gasteiger partial charge on any atom is -0.497 e. The number of amides is 2. The van der Waals surface area contributed by atoms with Gasteiger partial charge in [0.05, 0.1) is 35.0 Å². The number of aromatic amines is 1. The molecule has 0 saturated carbocycles. The van der Waals surface area contributed by atoms with Crippen molar-refractivity contribution in [3.05, 3.63) is 71.4 Å². The number of carbonyl (C=O) groups excluding carboxylic acids is 2. The molecule has 2 aromatic carbocycles. The molecule has 142 valence electrons. The zero-order chi connectivity index (χ0) is 20.1. The molecule has 29 heavy (non-hydrogen) atoms. The van der Waals surface area contributed by atoms with Crippen LogP contribution in [0.1, 0.15) is 26.3 Å². The van der Waals surface area contributed by atoms with Crippen molar-refractivity contribution in [1.29, 1.82) is 0 Å². The Bertz CT molecular complexity index is 1270. The third-order valence-corrected chi connectivity index (χ3v) is 5.10. The van der Waals surface area contributed by atoms with E-state index in [9.17, 15) is 9.59 Å². The van der Waals surface area contributed by atoms with Gasteiger partial charge in [0.25, 0.3) is 11.8 Å². The van der Waals surface area contributed by atoms with Gasteiger partial charge in [-0.2, -0.15) is 5.10 Å². The number of fused-ring (bicyclic) bond motifs is 3. The summed E-state index contributed by atoms with van der Waals surface area (Å²) in [5.74, 6) is -0.0414. The van der Waals surface area contributed by atoms with E-state index >= 15 is 0 Å². The van der Waals surface area contributed by atoms with Gasteiger partial charge in [0.2, 0.25) is 0 Å². The van der Waals surface area contributed by atoms with Crippen LogP contribution in [0.3, 0.4) is 0 Å². The van der Waals surface area contributed by atoms with Crippen molar-refractivity contribution in [2.45, 2.75) is 6.92 Å². The third-order valence-electron chi connectivity index (χ3n) is 5.10. The first-order valence-corrected chi connectivity index (χ1v) is 9.05. The van der Waals surface area contributed by atoms with Crippen molar-refractivity contribution in [2.75, 3.05) is 12.0 Å². The van der Waals surface area contributed by atoms with Gasteiger partial charge >= 0.3 is 0 Å². The van der Waals surface area contributed by atoms with Gasteiger partial charge in [0, 0.05) is 11.8 Å². The molecule has 1 N–H and O–H groups in total. The molecule has 0 aliphatic carbocycles. The highest BCUT2D eigenvalue weighted by Gasteiger charge is 2.39. The van der Waals surface area contributed by atoms with Crippen molar-refractivity contribution in [2.24, 2.45) is 0 Å². The summed E-state index contributed by atoms with van der Waals surface area (Å²) in [5.41, 5.74) is 4.02. The Morgan fingerprint density at radius 3 is 2.38 bits per heavy atom. The quantitative estimate of drug-likeness (QED) is 0.544. The summed E-state index contributed by atoms with van der Waals surface area (Å²) in [5, 5.41) is 7.74. The number of nitrogens with zero attached hydrogens (tertiary/aromatic N) is 3. The average Bonchev–Trinajstić information content (AvgIpc) is 3.28. The average molecular weight is 384 g/mol. The molecule has 2 aromatic heterocycles. The highest BCUT2D eigenvalue weighted by molar-refractivity contribution is 6.38. The van der Waals surface area contributed by atoms with Crippen LogP contribution in [0.25, 0.3) is 22.3 Å². The number of aryl methyl sites for hydroxylation is 1. The Labute approximate surface area is 165 Å². The first-order valence-electron chi connectivity index (χ1n) is 9.05. The minimum atomic E-state index is -0.384. The van der Waals surface area contributed by atoms with E-state index in [0.717, 1.165) is 16.9 Å². The van der Waals surface area contributed by atoms with Gasteiger partial charge in [-0.25, -0.2) is 9.88 Å². The second-order valence-electron chi connectivity index (χ2n) is 6.85. The molecule has 0 fully saturated rings. The summed E-state index contributed by atoms with van der Waals surface area (Å²) in [7, 11) is 1.60. The Balaban J connectivity index is 1.69. The smallest absolute Gasteiger partial charge is 0.267 e. The van der Waals surface area contributed by atoms with Gasteiger partial charge in [-0.3, -0.25) is 14.7 Å². The second kappa shape index (κ2) is 6.27. The van der Waals surface area contributed by atoms with E-state index in [0.29, 0.717) is 28.0 Å². The number of imide groups is 1. The van der Waals surface area contributed by atoms with Gasteiger partial charge in [-0.15, -0.1) is 0 Å². The number of anilines is 1. The Morgan fingerprint density at radius 1 is 0.966 bits per heavy atom. The standard InChI is InChI=1S/C22H16N4O3/c1-12-3-7-14(8-4-12)26-21(27)16-11-23-20-18(17(16)22(26)28)19(24-25-20)13-5-9-15(29-2)10-6-13/h3-11H,1-2H3,(H,23,24,25). The molecular weight excluding hydrogens is 368 g/mol. The Hall–Kier alpha value is -4.00. The van der Waals surface area contributed by atoms with Crippen molar-refractivity contribution in [1.82, 2.24) is 15.2 Å². The van der Waals surface area contributed by atoms with Crippen molar-refractivity contribution < 1.29 is 14.3 Å². The molecule has 0 unspecified atom stereocenters. The lowest BCUT2D eigenvalue weighted by atomic mass is 10.0. The number of carbonyl (C=O) groups is 2. The largest absolute Gasteiger partial charge is 0.497 e. The number of H-pyrrole nitrogens is 1. The highest BCUT2D eigenvalue weighted by atomic mass is 16.5. The van der Waals surface area contributed by atoms with Gasteiger partial charge in [-0.1, -0.05) is 17.7 Å². The number of ether oxygens (including phenoxy) is 1. The molecule has 3 heterocycles. The summed E-state index contributed by atoms with van der Waals surface area (Å²) in [4.78, 5) is 31.8. The van der Waals surface area contributed by atoms with E-state index in [1.165, 1.54) is 11.1 Å². The maximum Gasteiger partial charge on any atom is 0.267 e. The summed E-state index contributed by atoms with van der Waals surface area (Å²) < 4.78 is 5.21. The fourth-order valence-corrected chi connectivity index (χ4v) is 3.59. The lowest BCUT2D eigenvalue weighted by Gasteiger charge is -2.13. The summed E-state index contributed by atoms with van der Waals surface area (Å²) in [6.07, 6.45) is 1.42. The lowest BCUT2D eigenvalue weighted by Crippen LogP contribution is -2.29. The van der Waals surface area contributed by atoms with E-state index in [4.69, 9.17) is 4.74 Å². The number of hydrogen-bond donors (Lipinski definition) is 1. The maximum absolute atomic E-state index is 13.3. The predicted molar refractivity (Wildman–Crippen MR) is 108 cm³/mol. The number of nitrogens with one attached hydrogen (secondary N) is 1. The summed E-state index contributed by atoms with van der Waals surface area (Å²) in [6, 6.07) is 14.6. The molecule has 0 saturated heterocycles. The van der Waals surface area contributed by atoms with Gasteiger partial charge in [0.1, 0.15) is 5.75 Å². The highest BCUT2D eigenvalue weighted by Crippen LogP contribution is 2.36. The van der Waals surface area contributed by atoms with Crippen molar-refractivity contribution in [3.8, 4) is 17.0 Å². The minimum absolute atomic E-state index is 0.277. The number of methoxy groups -OCH3 is 1. The Kier molecular flexibility index (Phi) is 3.70. The van der Waals surface area contributed by atoms with E-state index in [1.54, 1.807) is 19.2 Å². The second-order valence-corrected chi connectivity index (χ2v) is 6.85. The molecule has 0 atom stereocenters. The van der Waals surface area contributed by atoms with Crippen LogP contribution >= 0.6 is 0 Å². The van der Waals surface area contributed by atoms with E-state index in [-0.39, 0.29) is 17.4 Å². The monoisotopic (exact) mass is 384 g/mol. The molecule has 7 nitrogen and oxygen atoms in total. The molecule has 1 aliphatic rings. The van der Waals surface area contributed by atoms with Gasteiger partial charge in [-0.05, 0) is 43.3 Å². The molecule has 0 spiro atoms. The van der Waals surface area contributed by atoms with Crippen LogP contribution in [0.5, 0.6) is 5.75 Å². The number of hydrogen-bond acceptors (Lipinski definition) is 5. The SMILES string of the molecule is COc1ccc(-c2[nH]nc3ncc4c(c23)C(=O)N(c2ccc(C)cc2)C4=O)cc1. The third kappa shape index (κ3) is 2.51. The molecule has 5 rings (SSSR count). The van der Waals surface area contributed by atoms with Crippen molar-refractivity contribution in [3.63, 3.8) is 0 Å². The number of rotatable bonds is 3. The van der Waals surface area contributed by atoms with Crippen LogP contribution in [-0.4, -0.2) is 34.1 Å². The van der Waals surface area contributed by atoms with E-state index < -0.39 is 0 Å². The lowest BCUT2D eigenvalue weighted by molar-refractivity contribution is 0.0926. The fraction of sp³-hybridized carbons (Fsp3) is 0.0909. The molecule has 0 bridgehead atoms. The molecular formula is C22H16N4O3. The maximum atomic E-state index is 13.3. The van der Waals surface area contributed by atoms with E-state index in [1.807, 2.05) is 43.3 Å². The van der Waals surface area contributed by atoms with Gasteiger partial charge in [0.15, 0.2) is 5.65 Å². The number of benzene rings is 2. The predicted octanol–water partition coefficient (Wildman–Crippen LogP) is 3.74. The topological polar surface area (TPSA) is 88.2 Å². The summed E-state index contributed by atoms with van der Waals surface area (Å²) in [6.45, 7) is 1.95. The summed E-state index contributed by atoms with van der Waals surface area (Å²) >= 11 is 0. The van der Waals surface area contributed by atoms with Crippen molar-refractivity contribution >= 4 is 28.5 Å². The van der Waals surface area contributed by atoms with Crippen LogP contribution in [-0.2, 0) is 0 Å². The fourth-order valence-electron chi connectivity index (χ4n) is 3.59. The number of pyridine rings is 1.